The molecule has 4 rings (SSSR count). The Morgan fingerprint density at radius 1 is 0.886 bits per heavy atom. The van der Waals surface area contributed by atoms with Crippen LogP contribution in [0.4, 0.5) is 4.79 Å². The highest BCUT2D eigenvalue weighted by Crippen LogP contribution is 2.44. The molecule has 3 aromatic rings. The minimum Gasteiger partial charge on any atom is -0.480 e. The molecule has 0 saturated heterocycles. The summed E-state index contributed by atoms with van der Waals surface area (Å²) in [4.78, 5) is 35.8. The van der Waals surface area contributed by atoms with E-state index in [1.807, 2.05) is 54.6 Å². The summed E-state index contributed by atoms with van der Waals surface area (Å²) in [5.74, 6) is -1.71. The Bertz CT molecular complexity index is 1190. The Balaban J connectivity index is 1.24. The third-order valence-corrected chi connectivity index (χ3v) is 5.87. The quantitative estimate of drug-likeness (QED) is 0.412. The van der Waals surface area contributed by atoms with Crippen LogP contribution in [0.2, 0.25) is 0 Å². The lowest BCUT2D eigenvalue weighted by molar-refractivity contribution is -0.141. The van der Waals surface area contributed by atoms with Crippen LogP contribution in [-0.4, -0.2) is 42.3 Å². The van der Waals surface area contributed by atoms with Gasteiger partial charge in [-0.2, -0.15) is 0 Å². The third-order valence-electron chi connectivity index (χ3n) is 5.87. The fourth-order valence-corrected chi connectivity index (χ4v) is 4.23. The Morgan fingerprint density at radius 2 is 1.49 bits per heavy atom. The fraction of sp³-hybridized carbons (Fsp3) is 0.179. The molecule has 0 bridgehead atoms. The van der Waals surface area contributed by atoms with Crippen molar-refractivity contribution < 1.29 is 24.2 Å². The number of hydrogen-bond acceptors (Lipinski definition) is 4. The van der Waals surface area contributed by atoms with Gasteiger partial charge in [0.05, 0.1) is 0 Å². The number of carbonyl (C=O) groups excluding carboxylic acids is 2. The maximum atomic E-state index is 12.2. The second-order valence-electron chi connectivity index (χ2n) is 8.20. The fourth-order valence-electron chi connectivity index (χ4n) is 4.23. The van der Waals surface area contributed by atoms with Gasteiger partial charge < -0.3 is 20.5 Å². The summed E-state index contributed by atoms with van der Waals surface area (Å²) in [5.41, 5.74) is 5.36. The number of amides is 2. The van der Waals surface area contributed by atoms with Crippen molar-refractivity contribution in [3.05, 3.63) is 108 Å². The molecule has 0 unspecified atom stereocenters. The third kappa shape index (κ3) is 5.95. The van der Waals surface area contributed by atoms with Crippen molar-refractivity contribution in [1.82, 2.24) is 10.6 Å². The van der Waals surface area contributed by atoms with Gasteiger partial charge in [-0.1, -0.05) is 84.9 Å². The van der Waals surface area contributed by atoms with Crippen LogP contribution in [0.5, 0.6) is 0 Å². The Kier molecular flexibility index (Phi) is 7.57. The summed E-state index contributed by atoms with van der Waals surface area (Å²) in [6.45, 7) is 0.268. The lowest BCUT2D eigenvalue weighted by atomic mass is 9.98. The summed E-state index contributed by atoms with van der Waals surface area (Å²) in [6, 6.07) is 24.2. The summed E-state index contributed by atoms with van der Waals surface area (Å²) >= 11 is 0. The molecule has 0 heterocycles. The van der Waals surface area contributed by atoms with E-state index in [1.165, 1.54) is 12.2 Å². The van der Waals surface area contributed by atoms with E-state index >= 15 is 0 Å². The van der Waals surface area contributed by atoms with Gasteiger partial charge in [-0.05, 0) is 27.8 Å². The molecule has 1 atom stereocenters. The minimum absolute atomic E-state index is 0.0352. The van der Waals surface area contributed by atoms with E-state index in [2.05, 4.69) is 22.8 Å². The number of carboxylic acid groups (broad SMARTS) is 1. The molecule has 3 aromatic carbocycles. The zero-order chi connectivity index (χ0) is 24.6. The zero-order valence-corrected chi connectivity index (χ0v) is 19.0. The molecule has 1 aliphatic rings. The van der Waals surface area contributed by atoms with Crippen LogP contribution < -0.4 is 10.6 Å². The minimum atomic E-state index is -1.12. The maximum absolute atomic E-state index is 12.2. The highest BCUT2D eigenvalue weighted by Gasteiger charge is 2.28. The van der Waals surface area contributed by atoms with E-state index in [0.29, 0.717) is 0 Å². The van der Waals surface area contributed by atoms with E-state index in [-0.39, 0.29) is 25.5 Å². The molecule has 1 aliphatic carbocycles. The molecule has 0 radical (unpaired) electrons. The standard InChI is InChI=1S/C28H26N2O5/c31-26(30-25(27(32)33)17-19-9-2-1-3-10-19)15-8-16-29-28(34)35-18-24-22-13-6-4-11-20(22)21-12-5-7-14-23(21)24/h1-15,24-25H,16-18H2,(H,29,34)(H,30,31)(H,32,33)/b15-8+/t25-/m1/s1. The first kappa shape index (κ1) is 23.8. The normalized spacial score (nSPS) is 13.0. The molecule has 178 valence electrons. The number of aliphatic carboxylic acids is 1. The summed E-state index contributed by atoms with van der Waals surface area (Å²) in [5, 5.41) is 14.4. The highest BCUT2D eigenvalue weighted by molar-refractivity contribution is 5.91. The summed E-state index contributed by atoms with van der Waals surface area (Å²) < 4.78 is 5.45. The predicted molar refractivity (Wildman–Crippen MR) is 132 cm³/mol. The van der Waals surface area contributed by atoms with Gasteiger partial charge >= 0.3 is 12.1 Å². The highest BCUT2D eigenvalue weighted by atomic mass is 16.5. The van der Waals surface area contributed by atoms with Crippen molar-refractivity contribution in [3.8, 4) is 11.1 Å². The topological polar surface area (TPSA) is 105 Å². The number of fused-ring (bicyclic) bond motifs is 3. The summed E-state index contributed by atoms with van der Waals surface area (Å²) in [6.07, 6.45) is 2.22. The molecule has 35 heavy (non-hydrogen) atoms. The van der Waals surface area contributed by atoms with Crippen LogP contribution in [0.1, 0.15) is 22.6 Å². The maximum Gasteiger partial charge on any atom is 0.407 e. The number of alkyl carbamates (subject to hydrolysis) is 1. The van der Waals surface area contributed by atoms with E-state index in [1.54, 1.807) is 12.1 Å². The van der Waals surface area contributed by atoms with Crippen molar-refractivity contribution in [2.75, 3.05) is 13.2 Å². The Hall–Kier alpha value is -4.39. The molecule has 7 nitrogen and oxygen atoms in total. The van der Waals surface area contributed by atoms with Gasteiger partial charge in [0.1, 0.15) is 12.6 Å². The van der Waals surface area contributed by atoms with Crippen LogP contribution >= 0.6 is 0 Å². The van der Waals surface area contributed by atoms with E-state index in [0.717, 1.165) is 27.8 Å². The largest absolute Gasteiger partial charge is 0.480 e. The van der Waals surface area contributed by atoms with Gasteiger partial charge in [0.2, 0.25) is 5.91 Å². The van der Waals surface area contributed by atoms with Crippen molar-refractivity contribution in [3.63, 3.8) is 0 Å². The van der Waals surface area contributed by atoms with E-state index < -0.39 is 24.0 Å². The number of nitrogens with one attached hydrogen (secondary N) is 2. The smallest absolute Gasteiger partial charge is 0.407 e. The SMILES string of the molecule is O=C(/C=C/CNC(=O)OCC1c2ccccc2-c2ccccc21)N[C@H](Cc1ccccc1)C(=O)O. The number of carboxylic acids is 1. The lowest BCUT2D eigenvalue weighted by Gasteiger charge is -2.14. The lowest BCUT2D eigenvalue weighted by Crippen LogP contribution is -2.41. The molecule has 0 aromatic heterocycles. The molecule has 0 aliphatic heterocycles. The van der Waals surface area contributed by atoms with Gasteiger partial charge in [-0.3, -0.25) is 4.79 Å². The molecule has 0 spiro atoms. The van der Waals surface area contributed by atoms with Gasteiger partial charge in [0.15, 0.2) is 0 Å². The molecule has 7 heteroatoms. The monoisotopic (exact) mass is 470 g/mol. The van der Waals surface area contributed by atoms with E-state index in [9.17, 15) is 19.5 Å². The second-order valence-corrected chi connectivity index (χ2v) is 8.20. The van der Waals surface area contributed by atoms with Gasteiger partial charge in [-0.25, -0.2) is 9.59 Å². The van der Waals surface area contributed by atoms with Crippen LogP contribution in [-0.2, 0) is 20.7 Å². The molecule has 3 N–H and O–H groups in total. The summed E-state index contributed by atoms with van der Waals surface area (Å²) in [7, 11) is 0. The molecule has 0 fully saturated rings. The van der Waals surface area contributed by atoms with Crippen molar-refractivity contribution in [1.29, 1.82) is 0 Å². The number of hydrogen-bond donors (Lipinski definition) is 3. The molecular formula is C28H26N2O5. The zero-order valence-electron chi connectivity index (χ0n) is 19.0. The van der Waals surface area contributed by atoms with Crippen LogP contribution in [0.3, 0.4) is 0 Å². The average molecular weight is 471 g/mol. The van der Waals surface area contributed by atoms with Gasteiger partial charge in [0, 0.05) is 25.0 Å². The number of ether oxygens (including phenoxy) is 1. The van der Waals surface area contributed by atoms with Crippen LogP contribution in [0.15, 0.2) is 91.0 Å². The van der Waals surface area contributed by atoms with Crippen molar-refractivity contribution in [2.45, 2.75) is 18.4 Å². The number of carbonyl (C=O) groups is 3. The first-order chi connectivity index (χ1) is 17.0. The number of rotatable bonds is 9. The van der Waals surface area contributed by atoms with Crippen molar-refractivity contribution in [2.24, 2.45) is 0 Å². The van der Waals surface area contributed by atoms with Gasteiger partial charge in [0.25, 0.3) is 0 Å². The van der Waals surface area contributed by atoms with E-state index in [4.69, 9.17) is 4.74 Å². The Morgan fingerprint density at radius 3 is 2.11 bits per heavy atom. The molecule has 2 amide bonds. The molecular weight excluding hydrogens is 444 g/mol. The second kappa shape index (κ2) is 11.2. The molecule has 0 saturated carbocycles. The average Bonchev–Trinajstić information content (AvgIpc) is 3.19. The van der Waals surface area contributed by atoms with Crippen LogP contribution in [0, 0.1) is 0 Å². The van der Waals surface area contributed by atoms with Crippen LogP contribution in [0.25, 0.3) is 11.1 Å². The Labute approximate surface area is 203 Å². The first-order valence-corrected chi connectivity index (χ1v) is 11.4. The van der Waals surface area contributed by atoms with Gasteiger partial charge in [-0.15, -0.1) is 0 Å². The van der Waals surface area contributed by atoms with Crippen molar-refractivity contribution >= 4 is 18.0 Å². The predicted octanol–water partition coefficient (Wildman–Crippen LogP) is 3.89. The number of benzene rings is 3. The first-order valence-electron chi connectivity index (χ1n) is 11.4.